The molecule has 0 radical (unpaired) electrons. The molecule has 0 aliphatic carbocycles. The Labute approximate surface area is 110 Å². The van der Waals surface area contributed by atoms with Crippen LogP contribution in [0.2, 0.25) is 0 Å². The maximum Gasteiger partial charge on any atom is 0.136 e. The van der Waals surface area contributed by atoms with Gasteiger partial charge >= 0.3 is 0 Å². The van der Waals surface area contributed by atoms with Crippen LogP contribution in [-0.2, 0) is 0 Å². The number of hydrogen-bond acceptors (Lipinski definition) is 4. The van der Waals surface area contributed by atoms with Gasteiger partial charge in [0.2, 0.25) is 0 Å². The number of rotatable bonds is 2. The van der Waals surface area contributed by atoms with Gasteiger partial charge in [-0.15, -0.1) is 0 Å². The number of nitrogen functional groups attached to an aromatic ring is 1. The number of anilines is 1. The summed E-state index contributed by atoms with van der Waals surface area (Å²) in [5, 5.41) is 4.50. The molecule has 2 heterocycles. The van der Waals surface area contributed by atoms with E-state index in [1.54, 1.807) is 29.5 Å². The topological polar surface area (TPSA) is 69.6 Å². The molecule has 2 aromatic heterocycles. The minimum atomic E-state index is 0.587. The summed E-state index contributed by atoms with van der Waals surface area (Å²) in [6, 6.07) is 8.01. The maximum atomic E-state index is 6.01. The molecule has 3 rings (SSSR count). The lowest BCUT2D eigenvalue weighted by atomic mass is 10.2. The van der Waals surface area contributed by atoms with E-state index >= 15 is 0 Å². The molecule has 1 aromatic carbocycles. The standard InChI is InChI=1S/C14H13N5/c1-10-4-2-3-5-13(10)19-9-11(15)14(18-19)12-8-16-6-7-17-12/h2-9H,15H2,1H3. The van der Waals surface area contributed by atoms with Crippen LogP contribution >= 0.6 is 0 Å². The fraction of sp³-hybridized carbons (Fsp3) is 0.0714. The van der Waals surface area contributed by atoms with Gasteiger partial charge in [-0.05, 0) is 18.6 Å². The van der Waals surface area contributed by atoms with Crippen LogP contribution in [0.4, 0.5) is 5.69 Å². The molecule has 3 aromatic rings. The molecule has 0 spiro atoms. The van der Waals surface area contributed by atoms with Gasteiger partial charge in [0.1, 0.15) is 11.4 Å². The van der Waals surface area contributed by atoms with E-state index < -0.39 is 0 Å². The maximum absolute atomic E-state index is 6.01. The molecular weight excluding hydrogens is 238 g/mol. The lowest BCUT2D eigenvalue weighted by Gasteiger charge is -2.04. The quantitative estimate of drug-likeness (QED) is 0.758. The van der Waals surface area contributed by atoms with E-state index in [1.165, 1.54) is 0 Å². The van der Waals surface area contributed by atoms with Crippen molar-refractivity contribution in [1.82, 2.24) is 19.7 Å². The lowest BCUT2D eigenvalue weighted by Crippen LogP contribution is -1.97. The molecule has 2 N–H and O–H groups in total. The van der Waals surface area contributed by atoms with Gasteiger partial charge in [-0.2, -0.15) is 5.10 Å². The third-order valence-corrected chi connectivity index (χ3v) is 2.91. The highest BCUT2D eigenvalue weighted by molar-refractivity contribution is 5.69. The Morgan fingerprint density at radius 3 is 2.74 bits per heavy atom. The van der Waals surface area contributed by atoms with Crippen molar-refractivity contribution >= 4 is 5.69 Å². The van der Waals surface area contributed by atoms with Crippen molar-refractivity contribution in [2.75, 3.05) is 5.73 Å². The molecule has 94 valence electrons. The Bertz CT molecular complexity index is 703. The van der Waals surface area contributed by atoms with Crippen molar-refractivity contribution < 1.29 is 0 Å². The Hall–Kier alpha value is -2.69. The average Bonchev–Trinajstić information content (AvgIpc) is 2.82. The molecule has 0 saturated carbocycles. The highest BCUT2D eigenvalue weighted by Gasteiger charge is 2.11. The first-order chi connectivity index (χ1) is 9.25. The zero-order valence-corrected chi connectivity index (χ0v) is 10.5. The summed E-state index contributed by atoms with van der Waals surface area (Å²) >= 11 is 0. The second-order valence-electron chi connectivity index (χ2n) is 4.25. The van der Waals surface area contributed by atoms with Crippen molar-refractivity contribution in [3.05, 3.63) is 54.6 Å². The van der Waals surface area contributed by atoms with E-state index in [2.05, 4.69) is 15.1 Å². The average molecular weight is 251 g/mol. The van der Waals surface area contributed by atoms with Gasteiger partial charge in [0.15, 0.2) is 0 Å². The van der Waals surface area contributed by atoms with Gasteiger partial charge in [-0.1, -0.05) is 18.2 Å². The number of para-hydroxylation sites is 1. The van der Waals surface area contributed by atoms with E-state index in [1.807, 2.05) is 31.2 Å². The van der Waals surface area contributed by atoms with Crippen molar-refractivity contribution in [2.24, 2.45) is 0 Å². The minimum absolute atomic E-state index is 0.587. The monoisotopic (exact) mass is 251 g/mol. The molecule has 0 amide bonds. The highest BCUT2D eigenvalue weighted by Crippen LogP contribution is 2.23. The van der Waals surface area contributed by atoms with Gasteiger partial charge in [0.05, 0.1) is 23.8 Å². The SMILES string of the molecule is Cc1ccccc1-n1cc(N)c(-c2cnccn2)n1. The van der Waals surface area contributed by atoms with E-state index in [0.717, 1.165) is 11.3 Å². The summed E-state index contributed by atoms with van der Waals surface area (Å²) in [6.07, 6.45) is 6.70. The van der Waals surface area contributed by atoms with Crippen LogP contribution < -0.4 is 5.73 Å². The summed E-state index contributed by atoms with van der Waals surface area (Å²) in [4.78, 5) is 8.26. The summed E-state index contributed by atoms with van der Waals surface area (Å²) < 4.78 is 1.77. The molecule has 5 heteroatoms. The summed E-state index contributed by atoms with van der Waals surface area (Å²) in [5.74, 6) is 0. The second kappa shape index (κ2) is 4.53. The van der Waals surface area contributed by atoms with Crippen molar-refractivity contribution in [1.29, 1.82) is 0 Å². The van der Waals surface area contributed by atoms with Crippen LogP contribution in [0.3, 0.4) is 0 Å². The van der Waals surface area contributed by atoms with Gasteiger partial charge in [-0.3, -0.25) is 9.97 Å². The van der Waals surface area contributed by atoms with Crippen LogP contribution in [-0.4, -0.2) is 19.7 Å². The van der Waals surface area contributed by atoms with Crippen LogP contribution in [0.1, 0.15) is 5.56 Å². The Morgan fingerprint density at radius 1 is 1.16 bits per heavy atom. The minimum Gasteiger partial charge on any atom is -0.396 e. The molecule has 0 bridgehead atoms. The summed E-state index contributed by atoms with van der Waals surface area (Å²) in [6.45, 7) is 2.04. The van der Waals surface area contributed by atoms with Crippen molar-refractivity contribution in [3.63, 3.8) is 0 Å². The first-order valence-corrected chi connectivity index (χ1v) is 5.93. The molecule has 19 heavy (non-hydrogen) atoms. The third kappa shape index (κ3) is 2.06. The molecule has 5 nitrogen and oxygen atoms in total. The normalized spacial score (nSPS) is 10.6. The summed E-state index contributed by atoms with van der Waals surface area (Å²) in [5.41, 5.74) is 10.1. The molecule has 0 atom stereocenters. The molecule has 0 aliphatic heterocycles. The van der Waals surface area contributed by atoms with E-state index in [0.29, 0.717) is 17.1 Å². The third-order valence-electron chi connectivity index (χ3n) is 2.91. The van der Waals surface area contributed by atoms with Gasteiger partial charge in [-0.25, -0.2) is 4.68 Å². The van der Waals surface area contributed by atoms with Crippen molar-refractivity contribution in [2.45, 2.75) is 6.92 Å². The first-order valence-electron chi connectivity index (χ1n) is 5.93. The van der Waals surface area contributed by atoms with Crippen molar-refractivity contribution in [3.8, 4) is 17.1 Å². The zero-order chi connectivity index (χ0) is 13.2. The molecule has 0 unspecified atom stereocenters. The predicted molar refractivity (Wildman–Crippen MR) is 73.7 cm³/mol. The van der Waals surface area contributed by atoms with Crippen LogP contribution in [0.5, 0.6) is 0 Å². The number of aromatic nitrogens is 4. The fourth-order valence-corrected chi connectivity index (χ4v) is 1.95. The number of nitrogens with zero attached hydrogens (tertiary/aromatic N) is 4. The van der Waals surface area contributed by atoms with Crippen LogP contribution in [0.25, 0.3) is 17.1 Å². The van der Waals surface area contributed by atoms with Gasteiger partial charge in [0, 0.05) is 12.4 Å². The second-order valence-corrected chi connectivity index (χ2v) is 4.25. The molecule has 0 aliphatic rings. The van der Waals surface area contributed by atoms with E-state index in [4.69, 9.17) is 5.73 Å². The van der Waals surface area contributed by atoms with Gasteiger partial charge in [0.25, 0.3) is 0 Å². The van der Waals surface area contributed by atoms with E-state index in [9.17, 15) is 0 Å². The largest absolute Gasteiger partial charge is 0.396 e. The molecule has 0 fully saturated rings. The first kappa shape index (κ1) is 11.4. The Morgan fingerprint density at radius 2 is 2.00 bits per heavy atom. The van der Waals surface area contributed by atoms with Crippen LogP contribution in [0.15, 0.2) is 49.1 Å². The fourth-order valence-electron chi connectivity index (χ4n) is 1.95. The Balaban J connectivity index is 2.10. The Kier molecular flexibility index (Phi) is 2.72. The van der Waals surface area contributed by atoms with E-state index in [-0.39, 0.29) is 0 Å². The predicted octanol–water partition coefficient (Wildman–Crippen LogP) is 2.22. The zero-order valence-electron chi connectivity index (χ0n) is 10.5. The number of benzene rings is 1. The highest BCUT2D eigenvalue weighted by atomic mass is 15.3. The van der Waals surface area contributed by atoms with Gasteiger partial charge < -0.3 is 5.73 Å². The smallest absolute Gasteiger partial charge is 0.136 e. The lowest BCUT2D eigenvalue weighted by molar-refractivity contribution is 0.874. The number of nitrogens with two attached hydrogens (primary N) is 1. The molecular formula is C14H13N5. The van der Waals surface area contributed by atoms with Crippen LogP contribution in [0, 0.1) is 6.92 Å². The molecule has 0 saturated heterocycles. The number of hydrogen-bond donors (Lipinski definition) is 1. The summed E-state index contributed by atoms with van der Waals surface area (Å²) in [7, 11) is 0. The number of aryl methyl sites for hydroxylation is 1.